The van der Waals surface area contributed by atoms with Crippen LogP contribution in [-0.2, 0) is 12.8 Å². The van der Waals surface area contributed by atoms with Gasteiger partial charge in [0.25, 0.3) is 0 Å². The number of alkyl halides is 3. The van der Waals surface area contributed by atoms with Crippen molar-refractivity contribution in [2.24, 2.45) is 0 Å². The molecule has 20 heavy (non-hydrogen) atoms. The van der Waals surface area contributed by atoms with Crippen molar-refractivity contribution >= 4 is 15.9 Å². The van der Waals surface area contributed by atoms with E-state index in [-0.39, 0.29) is 11.3 Å². The molecule has 2 rings (SSSR count). The van der Waals surface area contributed by atoms with Gasteiger partial charge < -0.3 is 4.74 Å². The standard InChI is InChI=1S/C13H8BrF4NO/c14-9-4-10(6-19-5-9)20-7-8-2-1-3-11(15)12(8)13(16,17)18/h1-6H,7H2. The highest BCUT2D eigenvalue weighted by atomic mass is 79.9. The molecule has 106 valence electrons. The van der Waals surface area contributed by atoms with Crippen LogP contribution >= 0.6 is 15.9 Å². The van der Waals surface area contributed by atoms with Gasteiger partial charge in [0.1, 0.15) is 18.2 Å². The lowest BCUT2D eigenvalue weighted by molar-refractivity contribution is -0.141. The minimum absolute atomic E-state index is 0.266. The van der Waals surface area contributed by atoms with Crippen LogP contribution in [0.15, 0.2) is 41.1 Å². The highest BCUT2D eigenvalue weighted by Crippen LogP contribution is 2.34. The third kappa shape index (κ3) is 3.47. The van der Waals surface area contributed by atoms with E-state index in [0.717, 1.165) is 6.07 Å². The zero-order valence-electron chi connectivity index (χ0n) is 9.92. The number of aromatic nitrogens is 1. The fourth-order valence-electron chi connectivity index (χ4n) is 1.64. The van der Waals surface area contributed by atoms with Crippen LogP contribution in [0.5, 0.6) is 5.75 Å². The number of benzene rings is 1. The Morgan fingerprint density at radius 1 is 1.20 bits per heavy atom. The first-order chi connectivity index (χ1) is 9.38. The molecule has 1 aromatic carbocycles. The Morgan fingerprint density at radius 3 is 2.60 bits per heavy atom. The molecule has 0 N–H and O–H groups in total. The molecule has 2 nitrogen and oxygen atoms in total. The van der Waals surface area contributed by atoms with Crippen molar-refractivity contribution in [1.29, 1.82) is 0 Å². The summed E-state index contributed by atoms with van der Waals surface area (Å²) in [6, 6.07) is 4.71. The number of rotatable bonds is 3. The number of ether oxygens (including phenoxy) is 1. The maximum atomic E-state index is 13.3. The third-order valence-electron chi connectivity index (χ3n) is 2.46. The average Bonchev–Trinajstić information content (AvgIpc) is 2.35. The van der Waals surface area contributed by atoms with Crippen LogP contribution in [0.2, 0.25) is 0 Å². The van der Waals surface area contributed by atoms with Crippen molar-refractivity contribution in [2.45, 2.75) is 12.8 Å². The van der Waals surface area contributed by atoms with Gasteiger partial charge in [-0.2, -0.15) is 13.2 Å². The van der Waals surface area contributed by atoms with Crippen molar-refractivity contribution in [1.82, 2.24) is 4.98 Å². The number of halogens is 5. The zero-order valence-corrected chi connectivity index (χ0v) is 11.5. The summed E-state index contributed by atoms with van der Waals surface area (Å²) in [6.07, 6.45) is -1.90. The Kier molecular flexibility index (Phi) is 4.27. The Labute approximate surface area is 120 Å². The molecule has 0 saturated heterocycles. The van der Waals surface area contributed by atoms with Gasteiger partial charge in [-0.15, -0.1) is 0 Å². The second-order valence-electron chi connectivity index (χ2n) is 3.90. The molecule has 0 spiro atoms. The minimum atomic E-state index is -4.76. The number of pyridine rings is 1. The summed E-state index contributed by atoms with van der Waals surface area (Å²) < 4.78 is 57.5. The fourth-order valence-corrected chi connectivity index (χ4v) is 1.98. The maximum Gasteiger partial charge on any atom is 0.419 e. The summed E-state index contributed by atoms with van der Waals surface area (Å²) in [7, 11) is 0. The van der Waals surface area contributed by atoms with Gasteiger partial charge in [0.05, 0.1) is 11.8 Å². The molecule has 2 aromatic rings. The monoisotopic (exact) mass is 349 g/mol. The molecular weight excluding hydrogens is 342 g/mol. The average molecular weight is 350 g/mol. The van der Waals surface area contributed by atoms with E-state index in [4.69, 9.17) is 4.74 Å². The molecular formula is C13H8BrF4NO. The molecule has 0 saturated carbocycles. The highest BCUT2D eigenvalue weighted by molar-refractivity contribution is 9.10. The lowest BCUT2D eigenvalue weighted by atomic mass is 10.1. The van der Waals surface area contributed by atoms with Crippen LogP contribution in [0.1, 0.15) is 11.1 Å². The van der Waals surface area contributed by atoms with Crippen molar-refractivity contribution in [3.8, 4) is 5.75 Å². The van der Waals surface area contributed by atoms with Crippen LogP contribution in [0.25, 0.3) is 0 Å². The van der Waals surface area contributed by atoms with Crippen molar-refractivity contribution in [3.05, 3.63) is 58.1 Å². The SMILES string of the molecule is Fc1cccc(COc2cncc(Br)c2)c1C(F)(F)F. The van der Waals surface area contributed by atoms with Crippen LogP contribution in [0.4, 0.5) is 17.6 Å². The second kappa shape index (κ2) is 5.78. The van der Waals surface area contributed by atoms with Crippen molar-refractivity contribution < 1.29 is 22.3 Å². The summed E-state index contributed by atoms with van der Waals surface area (Å²) in [6.45, 7) is -0.398. The Bertz CT molecular complexity index is 616. The molecule has 0 radical (unpaired) electrons. The van der Waals surface area contributed by atoms with Gasteiger partial charge >= 0.3 is 6.18 Å². The Hall–Kier alpha value is -1.63. The molecule has 7 heteroatoms. The van der Waals surface area contributed by atoms with Gasteiger partial charge in [-0.25, -0.2) is 4.39 Å². The largest absolute Gasteiger partial charge is 0.487 e. The predicted octanol–water partition coefficient (Wildman–Crippen LogP) is 4.58. The lowest BCUT2D eigenvalue weighted by Gasteiger charge is -2.14. The summed E-state index contributed by atoms with van der Waals surface area (Å²) in [5.74, 6) is -1.03. The molecule has 0 aliphatic heterocycles. The van der Waals surface area contributed by atoms with Crippen molar-refractivity contribution in [2.75, 3.05) is 0 Å². The van der Waals surface area contributed by atoms with Gasteiger partial charge in [0.15, 0.2) is 0 Å². The van der Waals surface area contributed by atoms with Crippen LogP contribution in [-0.4, -0.2) is 4.98 Å². The van der Waals surface area contributed by atoms with Gasteiger partial charge in [-0.05, 0) is 28.1 Å². The van der Waals surface area contributed by atoms with E-state index in [1.54, 1.807) is 6.07 Å². The van der Waals surface area contributed by atoms with E-state index in [1.807, 2.05) is 0 Å². The van der Waals surface area contributed by atoms with Gasteiger partial charge in [0, 0.05) is 16.2 Å². The smallest absolute Gasteiger partial charge is 0.419 e. The van der Waals surface area contributed by atoms with E-state index in [9.17, 15) is 17.6 Å². The summed E-state index contributed by atoms with van der Waals surface area (Å²) in [4.78, 5) is 3.82. The van der Waals surface area contributed by atoms with E-state index >= 15 is 0 Å². The maximum absolute atomic E-state index is 13.3. The highest BCUT2D eigenvalue weighted by Gasteiger charge is 2.36. The minimum Gasteiger partial charge on any atom is -0.487 e. The molecule has 1 heterocycles. The van der Waals surface area contributed by atoms with Gasteiger partial charge in [-0.3, -0.25) is 4.98 Å². The fraction of sp³-hybridized carbons (Fsp3) is 0.154. The molecule has 1 aromatic heterocycles. The molecule has 0 bridgehead atoms. The Morgan fingerprint density at radius 2 is 1.95 bits per heavy atom. The van der Waals surface area contributed by atoms with Gasteiger partial charge in [-0.1, -0.05) is 12.1 Å². The van der Waals surface area contributed by atoms with Crippen LogP contribution < -0.4 is 4.74 Å². The van der Waals surface area contributed by atoms with Gasteiger partial charge in [0.2, 0.25) is 0 Å². The van der Waals surface area contributed by atoms with Crippen molar-refractivity contribution in [3.63, 3.8) is 0 Å². The number of nitrogens with zero attached hydrogens (tertiary/aromatic N) is 1. The zero-order chi connectivity index (χ0) is 14.8. The van der Waals surface area contributed by atoms with Crippen LogP contribution in [0, 0.1) is 5.82 Å². The molecule has 0 aliphatic carbocycles. The van der Waals surface area contributed by atoms with Crippen LogP contribution in [0.3, 0.4) is 0 Å². The topological polar surface area (TPSA) is 22.1 Å². The molecule has 0 atom stereocenters. The van der Waals surface area contributed by atoms with E-state index in [2.05, 4.69) is 20.9 Å². The normalized spacial score (nSPS) is 11.4. The first kappa shape index (κ1) is 14.8. The molecule has 0 unspecified atom stereocenters. The quantitative estimate of drug-likeness (QED) is 0.756. The molecule has 0 fully saturated rings. The number of hydrogen-bond donors (Lipinski definition) is 0. The molecule has 0 amide bonds. The first-order valence-corrected chi connectivity index (χ1v) is 6.25. The second-order valence-corrected chi connectivity index (χ2v) is 4.81. The summed E-state index contributed by atoms with van der Waals surface area (Å²) in [5, 5.41) is 0. The van der Waals surface area contributed by atoms with E-state index in [0.29, 0.717) is 4.47 Å². The lowest BCUT2D eigenvalue weighted by Crippen LogP contribution is -2.13. The Balaban J connectivity index is 2.24. The summed E-state index contributed by atoms with van der Waals surface area (Å²) >= 11 is 3.16. The third-order valence-corrected chi connectivity index (χ3v) is 2.89. The predicted molar refractivity (Wildman–Crippen MR) is 67.7 cm³/mol. The summed E-state index contributed by atoms with van der Waals surface area (Å²) in [5.41, 5.74) is -1.57. The first-order valence-electron chi connectivity index (χ1n) is 5.46. The molecule has 0 aliphatic rings. The number of hydrogen-bond acceptors (Lipinski definition) is 2. The van der Waals surface area contributed by atoms with E-state index in [1.165, 1.54) is 24.5 Å². The van der Waals surface area contributed by atoms with E-state index < -0.39 is 24.2 Å².